The standard InChI is InChI=1S/C18H13BrF2INO2/c19-10-5-6-11-12(9-10)15-18(22,7-8-23(15)16(11)24)13-3-1-2-4-14(13)25-17(20)21/h1-6,9,15,17H,7-8H2/t15-,18-/m1/s1. The van der Waals surface area contributed by atoms with Gasteiger partial charge in [0.25, 0.3) is 5.91 Å². The Morgan fingerprint density at radius 1 is 1.28 bits per heavy atom. The lowest BCUT2D eigenvalue weighted by Gasteiger charge is -2.31. The molecule has 0 saturated carbocycles. The number of para-hydroxylation sites is 1. The Morgan fingerprint density at radius 3 is 2.80 bits per heavy atom. The van der Waals surface area contributed by atoms with Crippen molar-refractivity contribution in [3.63, 3.8) is 0 Å². The number of carbonyl (C=O) groups is 1. The van der Waals surface area contributed by atoms with Crippen LogP contribution in [0.15, 0.2) is 46.9 Å². The normalized spacial score (nSPS) is 24.6. The number of amides is 1. The van der Waals surface area contributed by atoms with E-state index in [0.717, 1.165) is 10.0 Å². The summed E-state index contributed by atoms with van der Waals surface area (Å²) in [6, 6.07) is 12.3. The zero-order chi connectivity index (χ0) is 17.8. The molecular formula is C18H13BrF2INO2. The van der Waals surface area contributed by atoms with Crippen LogP contribution in [-0.4, -0.2) is 24.0 Å². The first-order valence-electron chi connectivity index (χ1n) is 7.75. The van der Waals surface area contributed by atoms with Crippen LogP contribution in [0.4, 0.5) is 8.78 Å². The predicted molar refractivity (Wildman–Crippen MR) is 101 cm³/mol. The first kappa shape index (κ1) is 17.2. The van der Waals surface area contributed by atoms with Crippen molar-refractivity contribution in [3.8, 4) is 5.75 Å². The average molecular weight is 520 g/mol. The number of alkyl halides is 3. The van der Waals surface area contributed by atoms with Gasteiger partial charge in [-0.05, 0) is 36.2 Å². The van der Waals surface area contributed by atoms with Crippen LogP contribution in [0.25, 0.3) is 0 Å². The van der Waals surface area contributed by atoms with Crippen LogP contribution in [0.1, 0.15) is 33.9 Å². The molecule has 0 aliphatic carbocycles. The number of halogens is 4. The topological polar surface area (TPSA) is 29.5 Å². The second kappa shape index (κ2) is 6.19. The number of carbonyl (C=O) groups excluding carboxylic acids is 1. The molecule has 2 aliphatic rings. The van der Waals surface area contributed by atoms with Gasteiger partial charge in [-0.15, -0.1) is 0 Å². The molecule has 0 spiro atoms. The van der Waals surface area contributed by atoms with E-state index in [9.17, 15) is 13.6 Å². The Bertz CT molecular complexity index is 863. The van der Waals surface area contributed by atoms with Crippen molar-refractivity contribution < 1.29 is 18.3 Å². The van der Waals surface area contributed by atoms with Gasteiger partial charge in [-0.25, -0.2) is 0 Å². The maximum atomic E-state index is 12.8. The van der Waals surface area contributed by atoms with Crippen molar-refractivity contribution in [2.45, 2.75) is 22.5 Å². The molecule has 0 unspecified atom stereocenters. The highest BCUT2D eigenvalue weighted by Gasteiger charge is 2.55. The van der Waals surface area contributed by atoms with Gasteiger partial charge in [0.1, 0.15) is 5.75 Å². The second-order valence-electron chi connectivity index (χ2n) is 6.12. The molecule has 2 atom stereocenters. The largest absolute Gasteiger partial charge is 0.434 e. The number of rotatable bonds is 3. The molecule has 2 heterocycles. The van der Waals surface area contributed by atoms with Gasteiger partial charge in [0.2, 0.25) is 0 Å². The molecule has 130 valence electrons. The SMILES string of the molecule is O=C1c2ccc(Br)cc2[C@H]2N1CC[C@@]2(I)c1ccccc1OC(F)F. The summed E-state index contributed by atoms with van der Waals surface area (Å²) in [6.45, 7) is -2.30. The lowest BCUT2D eigenvalue weighted by Crippen LogP contribution is -2.29. The highest BCUT2D eigenvalue weighted by Crippen LogP contribution is 2.59. The summed E-state index contributed by atoms with van der Waals surface area (Å²) in [4.78, 5) is 14.6. The Labute approximate surface area is 165 Å². The molecule has 0 bridgehead atoms. The zero-order valence-electron chi connectivity index (χ0n) is 12.9. The lowest BCUT2D eigenvalue weighted by molar-refractivity contribution is -0.0507. The molecular weight excluding hydrogens is 507 g/mol. The minimum Gasteiger partial charge on any atom is -0.434 e. The summed E-state index contributed by atoms with van der Waals surface area (Å²) in [6.07, 6.45) is 0.680. The minimum absolute atomic E-state index is 0.00157. The lowest BCUT2D eigenvalue weighted by atomic mass is 9.86. The fraction of sp³-hybridized carbons (Fsp3) is 0.278. The zero-order valence-corrected chi connectivity index (χ0v) is 16.6. The quantitative estimate of drug-likeness (QED) is 0.408. The number of hydrogen-bond acceptors (Lipinski definition) is 2. The molecule has 1 amide bonds. The summed E-state index contributed by atoms with van der Waals surface area (Å²) < 4.78 is 30.8. The molecule has 0 aromatic heterocycles. The molecule has 1 saturated heterocycles. The Balaban J connectivity index is 1.85. The van der Waals surface area contributed by atoms with Gasteiger partial charge in [0.05, 0.1) is 9.46 Å². The second-order valence-corrected chi connectivity index (χ2v) is 8.96. The van der Waals surface area contributed by atoms with Crippen molar-refractivity contribution in [1.29, 1.82) is 0 Å². The highest BCUT2D eigenvalue weighted by atomic mass is 127. The molecule has 0 N–H and O–H groups in total. The van der Waals surface area contributed by atoms with Gasteiger partial charge in [0, 0.05) is 22.1 Å². The van der Waals surface area contributed by atoms with E-state index in [1.807, 2.05) is 35.2 Å². The fourth-order valence-corrected chi connectivity index (χ4v) is 5.57. The maximum Gasteiger partial charge on any atom is 0.387 e. The van der Waals surface area contributed by atoms with E-state index in [-0.39, 0.29) is 17.7 Å². The van der Waals surface area contributed by atoms with E-state index >= 15 is 0 Å². The molecule has 0 radical (unpaired) electrons. The first-order valence-corrected chi connectivity index (χ1v) is 9.62. The monoisotopic (exact) mass is 519 g/mol. The van der Waals surface area contributed by atoms with E-state index in [1.54, 1.807) is 12.1 Å². The van der Waals surface area contributed by atoms with Crippen LogP contribution in [0.5, 0.6) is 5.75 Å². The van der Waals surface area contributed by atoms with Crippen LogP contribution >= 0.6 is 38.5 Å². The smallest absolute Gasteiger partial charge is 0.387 e. The Hall–Kier alpha value is -1.22. The van der Waals surface area contributed by atoms with Gasteiger partial charge in [-0.1, -0.05) is 56.7 Å². The predicted octanol–water partition coefficient (Wildman–Crippen LogP) is 5.28. The van der Waals surface area contributed by atoms with Gasteiger partial charge in [0.15, 0.2) is 0 Å². The average Bonchev–Trinajstić information content (AvgIpc) is 3.05. The Morgan fingerprint density at radius 2 is 2.04 bits per heavy atom. The van der Waals surface area contributed by atoms with Gasteiger partial charge >= 0.3 is 6.61 Å². The molecule has 2 aliphatic heterocycles. The van der Waals surface area contributed by atoms with E-state index in [2.05, 4.69) is 38.5 Å². The van der Waals surface area contributed by atoms with Gasteiger partial charge < -0.3 is 9.64 Å². The van der Waals surface area contributed by atoms with E-state index < -0.39 is 10.0 Å². The van der Waals surface area contributed by atoms with E-state index in [4.69, 9.17) is 4.74 Å². The van der Waals surface area contributed by atoms with Crippen molar-refractivity contribution in [3.05, 3.63) is 63.6 Å². The summed E-state index contributed by atoms with van der Waals surface area (Å²) in [5.74, 6) is 0.169. The van der Waals surface area contributed by atoms with Crippen molar-refractivity contribution in [2.24, 2.45) is 0 Å². The molecule has 4 rings (SSSR count). The third-order valence-electron chi connectivity index (χ3n) is 4.81. The molecule has 7 heteroatoms. The molecule has 1 fully saturated rings. The third kappa shape index (κ3) is 2.66. The number of benzene rings is 2. The van der Waals surface area contributed by atoms with Crippen molar-refractivity contribution in [2.75, 3.05) is 6.54 Å². The highest BCUT2D eigenvalue weighted by molar-refractivity contribution is 14.1. The summed E-state index contributed by atoms with van der Waals surface area (Å²) in [5, 5.41) is 0. The van der Waals surface area contributed by atoms with E-state index in [0.29, 0.717) is 24.1 Å². The summed E-state index contributed by atoms with van der Waals surface area (Å²) in [5.41, 5.74) is 2.31. The van der Waals surface area contributed by atoms with Gasteiger partial charge in [-0.2, -0.15) is 8.78 Å². The number of hydrogen-bond donors (Lipinski definition) is 0. The van der Waals surface area contributed by atoms with Crippen molar-refractivity contribution >= 4 is 44.4 Å². The molecule has 25 heavy (non-hydrogen) atoms. The number of nitrogens with zero attached hydrogens (tertiary/aromatic N) is 1. The fourth-order valence-electron chi connectivity index (χ4n) is 3.83. The molecule has 2 aromatic rings. The van der Waals surface area contributed by atoms with E-state index in [1.165, 1.54) is 0 Å². The van der Waals surface area contributed by atoms with Crippen molar-refractivity contribution in [1.82, 2.24) is 4.90 Å². The van der Waals surface area contributed by atoms with Gasteiger partial charge in [-0.3, -0.25) is 4.79 Å². The van der Waals surface area contributed by atoms with Crippen LogP contribution in [0, 0.1) is 0 Å². The third-order valence-corrected chi connectivity index (χ3v) is 7.02. The van der Waals surface area contributed by atoms with Crippen LogP contribution in [-0.2, 0) is 3.42 Å². The number of ether oxygens (including phenoxy) is 1. The molecule has 2 aromatic carbocycles. The van der Waals surface area contributed by atoms with Crippen LogP contribution in [0.3, 0.4) is 0 Å². The molecule has 3 nitrogen and oxygen atoms in total. The number of fused-ring (bicyclic) bond motifs is 3. The maximum absolute atomic E-state index is 12.8. The van der Waals surface area contributed by atoms with Crippen LogP contribution < -0.4 is 4.74 Å². The summed E-state index contributed by atoms with van der Waals surface area (Å²) >= 11 is 5.77. The minimum atomic E-state index is -2.88. The van der Waals surface area contributed by atoms with Crippen LogP contribution in [0.2, 0.25) is 0 Å². The Kier molecular flexibility index (Phi) is 4.26. The summed E-state index contributed by atoms with van der Waals surface area (Å²) in [7, 11) is 0. The first-order chi connectivity index (χ1) is 11.9.